The summed E-state index contributed by atoms with van der Waals surface area (Å²) in [4.78, 5) is 10.3. The molecule has 0 amide bonds. The van der Waals surface area contributed by atoms with Crippen LogP contribution in [0.3, 0.4) is 0 Å². The topological polar surface area (TPSA) is 100 Å². The van der Waals surface area contributed by atoms with Crippen LogP contribution >= 0.6 is 0 Å². The van der Waals surface area contributed by atoms with Crippen molar-refractivity contribution in [1.82, 2.24) is 0 Å². The Hall–Kier alpha value is -1.89. The fraction of sp³-hybridized carbons (Fsp3) is 0.636. The Kier molecular flexibility index (Phi) is 14.7. The zero-order valence-electron chi connectivity index (χ0n) is 17.4. The summed E-state index contributed by atoms with van der Waals surface area (Å²) in [7, 11) is 0. The molecule has 7 nitrogen and oxygen atoms in total. The van der Waals surface area contributed by atoms with E-state index in [4.69, 9.17) is 29.8 Å². The maximum Gasteiger partial charge on any atom is 0.305 e. The van der Waals surface area contributed by atoms with Crippen molar-refractivity contribution in [2.75, 3.05) is 46.2 Å². The quantitative estimate of drug-likeness (QED) is 0.265. The molecule has 0 heterocycles. The smallest absolute Gasteiger partial charge is 0.305 e. The van der Waals surface area contributed by atoms with Crippen molar-refractivity contribution in [2.24, 2.45) is 5.73 Å². The van der Waals surface area contributed by atoms with Crippen LogP contribution in [0.15, 0.2) is 41.4 Å². The Morgan fingerprint density at radius 2 is 1.62 bits per heavy atom. The Balaban J connectivity index is 1.86. The summed E-state index contributed by atoms with van der Waals surface area (Å²) >= 11 is 0. The molecular weight excluding hydrogens is 374 g/mol. The molecular formula is C22H35NO6. The molecule has 0 unspecified atom stereocenters. The molecule has 29 heavy (non-hydrogen) atoms. The minimum atomic E-state index is -0.855. The summed E-state index contributed by atoms with van der Waals surface area (Å²) in [5.74, 6) is -0.0513. The zero-order valence-corrected chi connectivity index (χ0v) is 17.4. The van der Waals surface area contributed by atoms with Crippen LogP contribution in [0.4, 0.5) is 0 Å². The van der Waals surface area contributed by atoms with Crippen LogP contribution < -0.4 is 5.73 Å². The standard InChI is InChI=1S/C22H35NO6/c1-19(23)20-8-4-5-9-21(18-20)29-12-7-3-2-6-11-26-14-16-28-17-15-27-13-10-22(24)25/h4,8-9,18-19H,2-3,6-7,10-17,23H2,1H3,(H,24,25)/t19-/m1/s1. The lowest BCUT2D eigenvalue weighted by Crippen LogP contribution is -2.16. The van der Waals surface area contributed by atoms with Gasteiger partial charge in [-0.1, -0.05) is 6.42 Å². The lowest BCUT2D eigenvalue weighted by atomic mass is 10.1. The van der Waals surface area contributed by atoms with Crippen LogP contribution in [0.5, 0.6) is 0 Å². The molecule has 3 N–H and O–H groups in total. The van der Waals surface area contributed by atoms with E-state index < -0.39 is 5.97 Å². The lowest BCUT2D eigenvalue weighted by Gasteiger charge is -2.09. The van der Waals surface area contributed by atoms with E-state index in [0.29, 0.717) is 33.0 Å². The number of allylic oxidation sites excluding steroid dienone is 2. The normalized spacial score (nSPS) is 14.3. The molecule has 164 valence electrons. The van der Waals surface area contributed by atoms with E-state index in [1.807, 2.05) is 31.2 Å². The Labute approximate surface area is 173 Å². The number of carboxylic acid groups (broad SMARTS) is 1. The average Bonchev–Trinajstić information content (AvgIpc) is 2.93. The van der Waals surface area contributed by atoms with Crippen molar-refractivity contribution >= 4 is 5.97 Å². The highest BCUT2D eigenvalue weighted by Gasteiger charge is 2.04. The van der Waals surface area contributed by atoms with E-state index in [0.717, 1.165) is 43.6 Å². The fourth-order valence-corrected chi connectivity index (χ4v) is 2.45. The molecule has 0 aromatic heterocycles. The number of carboxylic acids is 1. The minimum absolute atomic E-state index is 0.0212. The number of hydrogen-bond donors (Lipinski definition) is 2. The summed E-state index contributed by atoms with van der Waals surface area (Å²) in [6.45, 7) is 5.50. The van der Waals surface area contributed by atoms with Gasteiger partial charge in [0.2, 0.25) is 0 Å². The van der Waals surface area contributed by atoms with Crippen LogP contribution in [-0.2, 0) is 23.7 Å². The van der Waals surface area contributed by atoms with Gasteiger partial charge in [-0.25, -0.2) is 0 Å². The van der Waals surface area contributed by atoms with Gasteiger partial charge in [-0.05, 0) is 50.0 Å². The monoisotopic (exact) mass is 409 g/mol. The highest BCUT2D eigenvalue weighted by atomic mass is 16.5. The summed E-state index contributed by atoms with van der Waals surface area (Å²) in [6.07, 6.45) is 11.8. The van der Waals surface area contributed by atoms with Gasteiger partial charge < -0.3 is 29.8 Å². The van der Waals surface area contributed by atoms with E-state index in [9.17, 15) is 4.79 Å². The molecule has 0 saturated carbocycles. The van der Waals surface area contributed by atoms with E-state index >= 15 is 0 Å². The van der Waals surface area contributed by atoms with E-state index in [1.165, 1.54) is 0 Å². The van der Waals surface area contributed by atoms with Gasteiger partial charge in [0.15, 0.2) is 0 Å². The van der Waals surface area contributed by atoms with Gasteiger partial charge in [0.25, 0.3) is 0 Å². The number of rotatable bonds is 18. The molecule has 0 aliphatic heterocycles. The highest BCUT2D eigenvalue weighted by Crippen LogP contribution is 2.12. The number of carbonyl (C=O) groups is 1. The van der Waals surface area contributed by atoms with E-state index in [1.54, 1.807) is 0 Å². The molecule has 0 saturated heterocycles. The van der Waals surface area contributed by atoms with Crippen molar-refractivity contribution in [3.05, 3.63) is 41.4 Å². The molecule has 1 rings (SSSR count). The van der Waals surface area contributed by atoms with E-state index in [2.05, 4.69) is 5.73 Å². The second kappa shape index (κ2) is 17.0. The zero-order chi connectivity index (χ0) is 21.2. The Bertz CT molecular complexity index is 576. The molecule has 1 atom stereocenters. The molecule has 7 heteroatoms. The first-order valence-electron chi connectivity index (χ1n) is 10.3. The highest BCUT2D eigenvalue weighted by molar-refractivity contribution is 5.66. The van der Waals surface area contributed by atoms with Crippen molar-refractivity contribution in [1.29, 1.82) is 0 Å². The summed E-state index contributed by atoms with van der Waals surface area (Å²) in [6, 6.07) is -0.0271. The van der Waals surface area contributed by atoms with Crippen molar-refractivity contribution < 1.29 is 28.8 Å². The van der Waals surface area contributed by atoms with Crippen molar-refractivity contribution in [3.63, 3.8) is 0 Å². The second-order valence-electron chi connectivity index (χ2n) is 6.72. The van der Waals surface area contributed by atoms with Crippen LogP contribution in [0.2, 0.25) is 0 Å². The van der Waals surface area contributed by atoms with Gasteiger partial charge >= 0.3 is 5.97 Å². The van der Waals surface area contributed by atoms with Crippen molar-refractivity contribution in [2.45, 2.75) is 45.1 Å². The van der Waals surface area contributed by atoms with Gasteiger partial charge in [-0.2, -0.15) is 0 Å². The first-order valence-corrected chi connectivity index (χ1v) is 10.3. The minimum Gasteiger partial charge on any atom is -0.493 e. The average molecular weight is 410 g/mol. The molecule has 1 aliphatic carbocycles. The van der Waals surface area contributed by atoms with E-state index in [-0.39, 0.29) is 19.1 Å². The lowest BCUT2D eigenvalue weighted by molar-refractivity contribution is -0.138. The SMILES string of the molecule is C[C@@H](N)C1=CC=C=CC(OCCCCCCOCCOCCOCCC(=O)O)=C1. The number of unbranched alkanes of at least 4 members (excludes halogenated alkanes) is 3. The molecule has 0 aromatic carbocycles. The van der Waals surface area contributed by atoms with Gasteiger partial charge in [0, 0.05) is 18.7 Å². The first-order chi connectivity index (χ1) is 14.1. The predicted molar refractivity (Wildman–Crippen MR) is 112 cm³/mol. The molecule has 0 bridgehead atoms. The largest absolute Gasteiger partial charge is 0.493 e. The Morgan fingerprint density at radius 3 is 2.28 bits per heavy atom. The molecule has 0 radical (unpaired) electrons. The summed E-state index contributed by atoms with van der Waals surface area (Å²) in [5.41, 5.74) is 10.0. The number of ether oxygens (including phenoxy) is 4. The third kappa shape index (κ3) is 14.7. The molecule has 0 aromatic rings. The van der Waals surface area contributed by atoms with Crippen LogP contribution in [-0.4, -0.2) is 63.4 Å². The maximum absolute atomic E-state index is 10.3. The van der Waals surface area contributed by atoms with Crippen molar-refractivity contribution in [3.8, 4) is 0 Å². The third-order valence-electron chi connectivity index (χ3n) is 4.09. The van der Waals surface area contributed by atoms with Gasteiger partial charge in [0.05, 0.1) is 46.1 Å². The summed E-state index contributed by atoms with van der Waals surface area (Å²) < 4.78 is 21.8. The fourth-order valence-electron chi connectivity index (χ4n) is 2.45. The molecule has 0 spiro atoms. The third-order valence-corrected chi connectivity index (χ3v) is 4.09. The number of nitrogens with two attached hydrogens (primary N) is 1. The Morgan fingerprint density at radius 1 is 1.00 bits per heavy atom. The van der Waals surface area contributed by atoms with Crippen LogP contribution in [0.1, 0.15) is 39.0 Å². The second-order valence-corrected chi connectivity index (χ2v) is 6.72. The van der Waals surface area contributed by atoms with Gasteiger partial charge in [0.1, 0.15) is 5.76 Å². The van der Waals surface area contributed by atoms with Gasteiger partial charge in [-0.3, -0.25) is 4.79 Å². The number of aliphatic carboxylic acids is 1. The van der Waals surface area contributed by atoms with Crippen LogP contribution in [0.25, 0.3) is 0 Å². The first kappa shape index (κ1) is 25.1. The summed E-state index contributed by atoms with van der Waals surface area (Å²) in [5, 5.41) is 8.46. The maximum atomic E-state index is 10.3. The number of hydrogen-bond acceptors (Lipinski definition) is 6. The van der Waals surface area contributed by atoms with Gasteiger partial charge in [-0.15, -0.1) is 5.73 Å². The molecule has 1 aliphatic rings. The molecule has 0 fully saturated rings. The predicted octanol–water partition coefficient (Wildman–Crippen LogP) is 2.97. The van der Waals surface area contributed by atoms with Crippen LogP contribution in [0, 0.1) is 0 Å².